The molecule has 0 aliphatic rings. The van der Waals surface area contributed by atoms with E-state index in [-0.39, 0.29) is 24.3 Å². The molecule has 0 aliphatic heterocycles. The number of nitrogens with one attached hydrogen (secondary N) is 2. The summed E-state index contributed by atoms with van der Waals surface area (Å²) < 4.78 is 7.38. The van der Waals surface area contributed by atoms with Crippen molar-refractivity contribution in [2.45, 2.75) is 24.9 Å². The number of rotatable bonds is 13. The predicted molar refractivity (Wildman–Crippen MR) is 88.8 cm³/mol. The summed E-state index contributed by atoms with van der Waals surface area (Å²) in [6.45, 7) is -1.71. The Hall–Kier alpha value is -2.50. The number of carbonyl (C=O) groups excluding carboxylic acids is 2. The fraction of sp³-hybridized carbons (Fsp3) is 0.667. The van der Waals surface area contributed by atoms with E-state index >= 15 is 0 Å². The van der Waals surface area contributed by atoms with Crippen molar-refractivity contribution in [3.63, 3.8) is 0 Å². The van der Waals surface area contributed by atoms with Gasteiger partial charge in [0.25, 0.3) is 0 Å². The lowest BCUT2D eigenvalue weighted by Gasteiger charge is -2.18. The number of thioether (sulfide) groups is 1. The molecular weight excluding hydrogens is 356 g/mol. The molecule has 3 atom stereocenters. The Morgan fingerprint density at radius 3 is 2.60 bits per heavy atom. The van der Waals surface area contributed by atoms with E-state index in [9.17, 15) is 19.2 Å². The van der Waals surface area contributed by atoms with E-state index in [2.05, 4.69) is 20.7 Å². The van der Waals surface area contributed by atoms with Crippen molar-refractivity contribution in [2.75, 3.05) is 24.6 Å². The second kappa shape index (κ2) is 12.9. The standard InChI is InChI=1S/C12H20N6O6S/c13-7(12(23)24)1-2-9(19)17-8(6-25-4-3-16-18-14)11(22)15-5-10(20)21/h7-8H,1-6,13H2,(H,15,22)(H,17,19)(H,20,21)(H,23,24)/t7-,8-/m0/s1/i3D/t3?,7-,8-. The average Bonchev–Trinajstić information content (AvgIpc) is 2.56. The molecule has 0 aromatic rings. The third-order valence-electron chi connectivity index (χ3n) is 2.68. The van der Waals surface area contributed by atoms with Crippen LogP contribution < -0.4 is 16.4 Å². The summed E-state index contributed by atoms with van der Waals surface area (Å²) in [6.07, 6.45) is -0.371. The van der Waals surface area contributed by atoms with Gasteiger partial charge >= 0.3 is 11.9 Å². The van der Waals surface area contributed by atoms with Crippen molar-refractivity contribution >= 4 is 35.5 Å². The molecule has 0 heterocycles. The molecule has 0 aromatic heterocycles. The average molecular weight is 377 g/mol. The van der Waals surface area contributed by atoms with Gasteiger partial charge in [0, 0.05) is 25.0 Å². The fourth-order valence-corrected chi connectivity index (χ4v) is 2.23. The quantitative estimate of drug-likeness (QED) is 0.151. The molecule has 0 aromatic carbocycles. The van der Waals surface area contributed by atoms with Gasteiger partial charge in [0.1, 0.15) is 18.6 Å². The van der Waals surface area contributed by atoms with Crippen LogP contribution in [-0.4, -0.2) is 70.6 Å². The third-order valence-corrected chi connectivity index (χ3v) is 3.63. The number of hydrogen-bond acceptors (Lipinski definition) is 7. The topological polar surface area (TPSA) is 208 Å². The number of aliphatic carboxylic acids is 2. The van der Waals surface area contributed by atoms with E-state index in [4.69, 9.17) is 22.8 Å². The number of azide groups is 1. The first kappa shape index (κ1) is 20.5. The molecule has 0 saturated carbocycles. The van der Waals surface area contributed by atoms with Gasteiger partial charge in [-0.3, -0.25) is 19.2 Å². The molecule has 0 rings (SSSR count). The zero-order valence-corrected chi connectivity index (χ0v) is 13.9. The number of nitrogens with zero attached hydrogens (tertiary/aromatic N) is 3. The molecule has 140 valence electrons. The Kier molecular flexibility index (Phi) is 10.6. The number of hydrogen-bond donors (Lipinski definition) is 5. The summed E-state index contributed by atoms with van der Waals surface area (Å²) in [5, 5.41) is 24.9. The van der Waals surface area contributed by atoms with Crippen LogP contribution in [0.4, 0.5) is 0 Å². The third kappa shape index (κ3) is 11.6. The van der Waals surface area contributed by atoms with Crippen LogP contribution in [0.2, 0.25) is 0 Å². The molecule has 0 bridgehead atoms. The molecule has 0 fully saturated rings. The van der Waals surface area contributed by atoms with Gasteiger partial charge in [0.15, 0.2) is 0 Å². The molecule has 0 spiro atoms. The SMILES string of the molecule is [2H]C(CSC[C@H](NC(=O)CC[C@H](N)C(=O)O)C(=O)NCC(=O)O)N=[N+]=[N-]. The minimum atomic E-state index is -1.27. The highest BCUT2D eigenvalue weighted by atomic mass is 32.2. The molecule has 12 nitrogen and oxygen atoms in total. The number of carboxylic acids is 2. The van der Waals surface area contributed by atoms with Gasteiger partial charge in [-0.25, -0.2) is 0 Å². The number of carboxylic acid groups (broad SMARTS) is 2. The van der Waals surface area contributed by atoms with Crippen LogP contribution in [0.3, 0.4) is 0 Å². The highest BCUT2D eigenvalue weighted by Gasteiger charge is 2.22. The lowest BCUT2D eigenvalue weighted by molar-refractivity contribution is -0.139. The van der Waals surface area contributed by atoms with E-state index in [1.165, 1.54) is 0 Å². The van der Waals surface area contributed by atoms with Gasteiger partial charge in [0.05, 0.1) is 0 Å². The summed E-state index contributed by atoms with van der Waals surface area (Å²) in [5.41, 5.74) is 13.5. The summed E-state index contributed by atoms with van der Waals surface area (Å²) in [7, 11) is 0. The van der Waals surface area contributed by atoms with Crippen LogP contribution in [-0.2, 0) is 19.2 Å². The summed E-state index contributed by atoms with van der Waals surface area (Å²) >= 11 is 1.05. The Labute approximate surface area is 148 Å². The highest BCUT2D eigenvalue weighted by molar-refractivity contribution is 7.99. The van der Waals surface area contributed by atoms with Crippen molar-refractivity contribution in [2.24, 2.45) is 10.8 Å². The first-order chi connectivity index (χ1) is 12.2. The van der Waals surface area contributed by atoms with E-state index in [1.807, 2.05) is 0 Å². The molecule has 0 radical (unpaired) electrons. The van der Waals surface area contributed by atoms with Gasteiger partial charge in [-0.1, -0.05) is 5.11 Å². The maximum Gasteiger partial charge on any atom is 0.322 e. The second-order valence-electron chi connectivity index (χ2n) is 4.64. The van der Waals surface area contributed by atoms with Crippen molar-refractivity contribution in [3.05, 3.63) is 10.4 Å². The first-order valence-electron chi connectivity index (χ1n) is 7.56. The molecule has 2 amide bonds. The predicted octanol–water partition coefficient (Wildman–Crippen LogP) is -1.09. The van der Waals surface area contributed by atoms with Gasteiger partial charge in [0.2, 0.25) is 11.8 Å². The molecule has 0 aliphatic carbocycles. The Morgan fingerprint density at radius 2 is 2.04 bits per heavy atom. The zero-order valence-electron chi connectivity index (χ0n) is 14.1. The molecule has 1 unspecified atom stereocenters. The minimum absolute atomic E-state index is 0.00148. The van der Waals surface area contributed by atoms with Gasteiger partial charge in [-0.15, -0.1) is 0 Å². The second-order valence-corrected chi connectivity index (χ2v) is 5.71. The smallest absolute Gasteiger partial charge is 0.322 e. The fourth-order valence-electron chi connectivity index (χ4n) is 1.45. The monoisotopic (exact) mass is 377 g/mol. The Bertz CT molecular complexity index is 572. The largest absolute Gasteiger partial charge is 0.480 e. The van der Waals surface area contributed by atoms with E-state index in [1.54, 1.807) is 0 Å². The highest BCUT2D eigenvalue weighted by Crippen LogP contribution is 2.05. The molecular formula is C12H20N6O6S. The van der Waals surface area contributed by atoms with Crippen LogP contribution in [0.15, 0.2) is 5.11 Å². The van der Waals surface area contributed by atoms with E-state index in [0.717, 1.165) is 11.8 Å². The van der Waals surface area contributed by atoms with Crippen LogP contribution in [0, 0.1) is 0 Å². The normalized spacial score (nSPS) is 14.2. The van der Waals surface area contributed by atoms with Crippen molar-refractivity contribution in [1.82, 2.24) is 10.6 Å². The minimum Gasteiger partial charge on any atom is -0.480 e. The Balaban J connectivity index is 4.66. The van der Waals surface area contributed by atoms with Gasteiger partial charge in [-0.05, 0) is 17.7 Å². The molecule has 6 N–H and O–H groups in total. The number of amides is 2. The van der Waals surface area contributed by atoms with Crippen LogP contribution in [0.25, 0.3) is 10.4 Å². The number of carbonyl (C=O) groups is 4. The Morgan fingerprint density at radius 1 is 1.36 bits per heavy atom. The lowest BCUT2D eigenvalue weighted by Crippen LogP contribution is -2.49. The summed E-state index contributed by atoms with van der Waals surface area (Å²) in [5.74, 6) is -3.84. The van der Waals surface area contributed by atoms with Crippen molar-refractivity contribution in [3.8, 4) is 0 Å². The first-order valence-corrected chi connectivity index (χ1v) is 8.14. The number of nitrogens with two attached hydrogens (primary N) is 1. The molecule has 25 heavy (non-hydrogen) atoms. The summed E-state index contributed by atoms with van der Waals surface area (Å²) in [6, 6.07) is -2.33. The zero-order chi connectivity index (χ0) is 20.1. The van der Waals surface area contributed by atoms with Crippen LogP contribution in [0.5, 0.6) is 0 Å². The van der Waals surface area contributed by atoms with Crippen LogP contribution >= 0.6 is 11.8 Å². The lowest BCUT2D eigenvalue weighted by atomic mass is 10.1. The van der Waals surface area contributed by atoms with Crippen molar-refractivity contribution < 1.29 is 30.8 Å². The molecule has 0 saturated heterocycles. The van der Waals surface area contributed by atoms with Gasteiger partial charge < -0.3 is 26.6 Å². The summed E-state index contributed by atoms with van der Waals surface area (Å²) in [4.78, 5) is 47.4. The van der Waals surface area contributed by atoms with Crippen molar-refractivity contribution in [1.29, 1.82) is 0 Å². The maximum atomic E-state index is 12.0. The van der Waals surface area contributed by atoms with Crippen LogP contribution in [0.1, 0.15) is 14.2 Å². The maximum absolute atomic E-state index is 12.0. The van der Waals surface area contributed by atoms with Gasteiger partial charge in [-0.2, -0.15) is 11.8 Å². The molecule has 13 heteroatoms. The van der Waals surface area contributed by atoms with E-state index < -0.39 is 48.9 Å². The van der Waals surface area contributed by atoms with E-state index in [0.29, 0.717) is 0 Å².